The third-order valence-corrected chi connectivity index (χ3v) is 4.53. The Kier molecular flexibility index (Phi) is 5.91. The molecule has 1 unspecified atom stereocenters. The quantitative estimate of drug-likeness (QED) is 0.674. The van der Waals surface area contributed by atoms with Crippen LogP contribution in [0.1, 0.15) is 32.3 Å². The van der Waals surface area contributed by atoms with Crippen LogP contribution in [0.2, 0.25) is 0 Å². The number of hydrogen-bond acceptors (Lipinski definition) is 4. The molecule has 2 saturated heterocycles. The molecule has 3 rings (SSSR count). The van der Waals surface area contributed by atoms with E-state index in [4.69, 9.17) is 9.73 Å². The monoisotopic (exact) mass is 331 g/mol. The Balaban J connectivity index is 1.67. The minimum Gasteiger partial charge on any atom is -0.375 e. The number of aliphatic imine (C=N–C) groups is 1. The minimum absolute atomic E-state index is 0.262. The summed E-state index contributed by atoms with van der Waals surface area (Å²) in [6, 6.07) is 4.22. The molecule has 2 aliphatic heterocycles. The molecule has 2 aliphatic rings. The second kappa shape index (κ2) is 8.33. The second-order valence-corrected chi connectivity index (χ2v) is 6.51. The molecule has 0 saturated carbocycles. The molecule has 3 heterocycles. The van der Waals surface area contributed by atoms with Crippen LogP contribution >= 0.6 is 0 Å². The largest absolute Gasteiger partial charge is 0.375 e. The molecule has 1 aromatic heterocycles. The molecular formula is C18H29N5O. The zero-order valence-corrected chi connectivity index (χ0v) is 14.9. The lowest BCUT2D eigenvalue weighted by Gasteiger charge is -2.32. The van der Waals surface area contributed by atoms with Gasteiger partial charge in [-0.1, -0.05) is 0 Å². The van der Waals surface area contributed by atoms with Crippen molar-refractivity contribution in [1.82, 2.24) is 15.2 Å². The van der Waals surface area contributed by atoms with Gasteiger partial charge in [0.25, 0.3) is 0 Å². The lowest BCUT2D eigenvalue weighted by Crippen LogP contribution is -2.41. The summed E-state index contributed by atoms with van der Waals surface area (Å²) in [6.07, 6.45) is 4.68. The van der Waals surface area contributed by atoms with Gasteiger partial charge in [0, 0.05) is 38.9 Å². The first-order valence-electron chi connectivity index (χ1n) is 9.11. The third kappa shape index (κ3) is 4.38. The van der Waals surface area contributed by atoms with Crippen molar-refractivity contribution in [2.45, 2.75) is 39.3 Å². The van der Waals surface area contributed by atoms with Gasteiger partial charge >= 0.3 is 0 Å². The van der Waals surface area contributed by atoms with Gasteiger partial charge in [-0.2, -0.15) is 0 Å². The van der Waals surface area contributed by atoms with E-state index in [1.807, 2.05) is 6.20 Å². The summed E-state index contributed by atoms with van der Waals surface area (Å²) >= 11 is 0. The van der Waals surface area contributed by atoms with Gasteiger partial charge in [0.05, 0.1) is 19.3 Å². The normalized spacial score (nSPS) is 22.1. The third-order valence-electron chi connectivity index (χ3n) is 4.53. The predicted molar refractivity (Wildman–Crippen MR) is 97.5 cm³/mol. The number of anilines is 1. The maximum absolute atomic E-state index is 5.62. The number of nitrogens with zero attached hydrogens (tertiary/aromatic N) is 4. The maximum Gasteiger partial charge on any atom is 0.194 e. The van der Waals surface area contributed by atoms with Gasteiger partial charge in [0.1, 0.15) is 5.82 Å². The number of rotatable bonds is 4. The van der Waals surface area contributed by atoms with E-state index in [1.54, 1.807) is 0 Å². The van der Waals surface area contributed by atoms with Crippen LogP contribution in [0.4, 0.5) is 5.82 Å². The molecule has 132 valence electrons. The topological polar surface area (TPSA) is 53.0 Å². The first-order chi connectivity index (χ1) is 11.8. The van der Waals surface area contributed by atoms with Crippen LogP contribution in [0.15, 0.2) is 23.3 Å². The summed E-state index contributed by atoms with van der Waals surface area (Å²) in [7, 11) is 0. The average molecular weight is 331 g/mol. The number of ether oxygens (including phenoxy) is 1. The van der Waals surface area contributed by atoms with E-state index in [2.05, 4.69) is 46.1 Å². The Morgan fingerprint density at radius 2 is 2.21 bits per heavy atom. The van der Waals surface area contributed by atoms with Crippen molar-refractivity contribution in [3.05, 3.63) is 23.9 Å². The van der Waals surface area contributed by atoms with E-state index in [0.717, 1.165) is 51.1 Å². The van der Waals surface area contributed by atoms with Crippen LogP contribution in [0.3, 0.4) is 0 Å². The van der Waals surface area contributed by atoms with Crippen molar-refractivity contribution in [1.29, 1.82) is 0 Å². The smallest absolute Gasteiger partial charge is 0.194 e. The van der Waals surface area contributed by atoms with Gasteiger partial charge in [0.2, 0.25) is 0 Å². The van der Waals surface area contributed by atoms with Gasteiger partial charge < -0.3 is 19.9 Å². The Bertz CT molecular complexity index is 556. The summed E-state index contributed by atoms with van der Waals surface area (Å²) in [4.78, 5) is 14.0. The molecule has 0 amide bonds. The Hall–Kier alpha value is -1.82. The zero-order chi connectivity index (χ0) is 16.8. The van der Waals surface area contributed by atoms with Crippen LogP contribution in [0, 0.1) is 0 Å². The molecule has 24 heavy (non-hydrogen) atoms. The highest BCUT2D eigenvalue weighted by Gasteiger charge is 2.18. The lowest BCUT2D eigenvalue weighted by molar-refractivity contribution is 0.0529. The van der Waals surface area contributed by atoms with Crippen molar-refractivity contribution < 1.29 is 4.74 Å². The molecule has 2 fully saturated rings. The van der Waals surface area contributed by atoms with Crippen LogP contribution in [-0.4, -0.2) is 61.3 Å². The summed E-state index contributed by atoms with van der Waals surface area (Å²) in [6.45, 7) is 10.6. The van der Waals surface area contributed by atoms with E-state index in [-0.39, 0.29) is 6.10 Å². The first-order valence-corrected chi connectivity index (χ1v) is 9.11. The molecule has 0 aliphatic carbocycles. The summed E-state index contributed by atoms with van der Waals surface area (Å²) in [5.74, 6) is 2.07. The van der Waals surface area contributed by atoms with Crippen molar-refractivity contribution in [2.75, 3.05) is 44.2 Å². The minimum atomic E-state index is 0.262. The molecule has 1 atom stereocenters. The molecule has 6 heteroatoms. The molecule has 0 radical (unpaired) electrons. The van der Waals surface area contributed by atoms with E-state index in [1.165, 1.54) is 18.4 Å². The SMILES string of the molecule is CCNC(=NCc1ccnc(N2CCOC(C)C2)c1)N1CCCC1. The van der Waals surface area contributed by atoms with Gasteiger partial charge in [-0.3, -0.25) is 0 Å². The number of guanidine groups is 1. The number of likely N-dealkylation sites (tertiary alicyclic amines) is 1. The van der Waals surface area contributed by atoms with E-state index < -0.39 is 0 Å². The highest BCUT2D eigenvalue weighted by molar-refractivity contribution is 5.80. The van der Waals surface area contributed by atoms with Crippen LogP contribution in [0.25, 0.3) is 0 Å². The van der Waals surface area contributed by atoms with Crippen LogP contribution in [0.5, 0.6) is 0 Å². The highest BCUT2D eigenvalue weighted by atomic mass is 16.5. The number of hydrogen-bond donors (Lipinski definition) is 1. The molecule has 0 aromatic carbocycles. The van der Waals surface area contributed by atoms with Crippen molar-refractivity contribution in [3.63, 3.8) is 0 Å². The summed E-state index contributed by atoms with van der Waals surface area (Å²) < 4.78 is 5.62. The number of morpholine rings is 1. The molecule has 1 aromatic rings. The fourth-order valence-corrected chi connectivity index (χ4v) is 3.28. The molecule has 0 spiro atoms. The average Bonchev–Trinajstić information content (AvgIpc) is 3.13. The molecule has 6 nitrogen and oxygen atoms in total. The van der Waals surface area contributed by atoms with Crippen molar-refractivity contribution >= 4 is 11.8 Å². The zero-order valence-electron chi connectivity index (χ0n) is 14.9. The summed E-state index contributed by atoms with van der Waals surface area (Å²) in [5.41, 5.74) is 1.20. The highest BCUT2D eigenvalue weighted by Crippen LogP contribution is 2.17. The number of nitrogens with one attached hydrogen (secondary N) is 1. The fraction of sp³-hybridized carbons (Fsp3) is 0.667. The van der Waals surface area contributed by atoms with Crippen molar-refractivity contribution in [3.8, 4) is 0 Å². The number of pyridine rings is 1. The van der Waals surface area contributed by atoms with E-state index in [0.29, 0.717) is 6.54 Å². The second-order valence-electron chi connectivity index (χ2n) is 6.51. The Labute approximate surface area is 144 Å². The standard InChI is InChI=1S/C18H29N5O/c1-3-19-18(22-8-4-5-9-22)21-13-16-6-7-20-17(12-16)23-10-11-24-15(2)14-23/h6-7,12,15H,3-5,8-11,13-14H2,1-2H3,(H,19,21). The predicted octanol–water partition coefficient (Wildman–Crippen LogP) is 1.87. The van der Waals surface area contributed by atoms with Crippen molar-refractivity contribution in [2.24, 2.45) is 4.99 Å². The lowest BCUT2D eigenvalue weighted by atomic mass is 10.2. The number of aromatic nitrogens is 1. The van der Waals surface area contributed by atoms with Gasteiger partial charge in [-0.05, 0) is 44.4 Å². The summed E-state index contributed by atoms with van der Waals surface area (Å²) in [5, 5.41) is 3.41. The van der Waals surface area contributed by atoms with Crippen LogP contribution in [-0.2, 0) is 11.3 Å². The molecular weight excluding hydrogens is 302 g/mol. The van der Waals surface area contributed by atoms with E-state index in [9.17, 15) is 0 Å². The van der Waals surface area contributed by atoms with Gasteiger partial charge in [0.15, 0.2) is 5.96 Å². The molecule has 1 N–H and O–H groups in total. The van der Waals surface area contributed by atoms with Gasteiger partial charge in [-0.25, -0.2) is 9.98 Å². The fourth-order valence-electron chi connectivity index (χ4n) is 3.28. The van der Waals surface area contributed by atoms with Crippen LogP contribution < -0.4 is 10.2 Å². The first kappa shape index (κ1) is 17.0. The van der Waals surface area contributed by atoms with Gasteiger partial charge in [-0.15, -0.1) is 0 Å². The van der Waals surface area contributed by atoms with E-state index >= 15 is 0 Å². The Morgan fingerprint density at radius 3 is 2.96 bits per heavy atom. The maximum atomic E-state index is 5.62. The molecule has 0 bridgehead atoms. The Morgan fingerprint density at radius 1 is 1.38 bits per heavy atom.